The minimum atomic E-state index is -0.736. The van der Waals surface area contributed by atoms with E-state index in [1.807, 2.05) is 6.07 Å². The van der Waals surface area contributed by atoms with Crippen molar-refractivity contribution in [3.05, 3.63) is 35.5 Å². The van der Waals surface area contributed by atoms with Crippen LogP contribution in [0.3, 0.4) is 0 Å². The Balaban J connectivity index is 2.50. The summed E-state index contributed by atoms with van der Waals surface area (Å²) < 4.78 is 2.21. The van der Waals surface area contributed by atoms with E-state index in [1.165, 1.54) is 16.5 Å². The van der Waals surface area contributed by atoms with E-state index in [4.69, 9.17) is 5.11 Å². The van der Waals surface area contributed by atoms with Crippen molar-refractivity contribution >= 4 is 16.9 Å². The Labute approximate surface area is 107 Å². The summed E-state index contributed by atoms with van der Waals surface area (Å²) in [5.41, 5.74) is 3.55. The number of carbonyl (C=O) groups is 1. The van der Waals surface area contributed by atoms with Gasteiger partial charge in [-0.15, -0.1) is 0 Å². The number of carboxylic acid groups (broad SMARTS) is 1. The van der Waals surface area contributed by atoms with E-state index < -0.39 is 5.97 Å². The second-order valence-electron chi connectivity index (χ2n) is 4.83. The van der Waals surface area contributed by atoms with Gasteiger partial charge in [-0.25, -0.2) is 0 Å². The van der Waals surface area contributed by atoms with Gasteiger partial charge in [-0.2, -0.15) is 0 Å². The van der Waals surface area contributed by atoms with Gasteiger partial charge in [0.05, 0.1) is 5.92 Å². The molecule has 96 valence electrons. The van der Waals surface area contributed by atoms with E-state index in [0.717, 1.165) is 12.2 Å². The predicted octanol–water partition coefficient (Wildman–Crippen LogP) is 3.23. The van der Waals surface area contributed by atoms with Crippen molar-refractivity contribution in [2.24, 2.45) is 5.92 Å². The van der Waals surface area contributed by atoms with Gasteiger partial charge in [0.25, 0.3) is 0 Å². The largest absolute Gasteiger partial charge is 0.481 e. The smallest absolute Gasteiger partial charge is 0.306 e. The highest BCUT2D eigenvalue weighted by atomic mass is 16.4. The molecule has 18 heavy (non-hydrogen) atoms. The minimum Gasteiger partial charge on any atom is -0.481 e. The number of fused-ring (bicyclic) bond motifs is 1. The topological polar surface area (TPSA) is 42.2 Å². The number of aryl methyl sites for hydroxylation is 2. The third-order valence-electron chi connectivity index (χ3n) is 3.50. The summed E-state index contributed by atoms with van der Waals surface area (Å²) in [5.74, 6) is -1.08. The first-order valence-electron chi connectivity index (χ1n) is 6.35. The van der Waals surface area contributed by atoms with Crippen molar-refractivity contribution in [1.29, 1.82) is 0 Å². The molecule has 3 nitrogen and oxygen atoms in total. The summed E-state index contributed by atoms with van der Waals surface area (Å²) in [6.45, 7) is 6.81. The lowest BCUT2D eigenvalue weighted by Gasteiger charge is -2.10. The minimum absolute atomic E-state index is 0.347. The lowest BCUT2D eigenvalue weighted by atomic mass is 10.1. The van der Waals surface area contributed by atoms with Crippen LogP contribution in [-0.2, 0) is 17.8 Å². The number of benzene rings is 1. The van der Waals surface area contributed by atoms with E-state index >= 15 is 0 Å². The molecule has 0 spiro atoms. The second kappa shape index (κ2) is 4.84. The van der Waals surface area contributed by atoms with Gasteiger partial charge in [0.2, 0.25) is 0 Å². The molecule has 0 saturated carbocycles. The molecular weight excluding hydrogens is 226 g/mol. The molecule has 1 N–H and O–H groups in total. The highest BCUT2D eigenvalue weighted by Crippen LogP contribution is 2.24. The number of nitrogens with zero attached hydrogens (tertiary/aromatic N) is 1. The first-order valence-corrected chi connectivity index (χ1v) is 6.35. The number of carboxylic acids is 1. The molecule has 1 unspecified atom stereocenters. The van der Waals surface area contributed by atoms with Crippen molar-refractivity contribution in [2.45, 2.75) is 33.7 Å². The van der Waals surface area contributed by atoms with Crippen molar-refractivity contribution in [3.8, 4) is 0 Å². The van der Waals surface area contributed by atoms with Gasteiger partial charge in [0.15, 0.2) is 0 Å². The molecular formula is C15H19NO2. The molecule has 0 radical (unpaired) electrons. The van der Waals surface area contributed by atoms with Crippen LogP contribution in [0, 0.1) is 12.8 Å². The van der Waals surface area contributed by atoms with E-state index in [2.05, 4.69) is 36.6 Å². The molecule has 1 atom stereocenters. The summed E-state index contributed by atoms with van der Waals surface area (Å²) >= 11 is 0. The zero-order valence-electron chi connectivity index (χ0n) is 11.1. The third kappa shape index (κ3) is 2.13. The molecule has 0 bridgehead atoms. The van der Waals surface area contributed by atoms with E-state index in [0.29, 0.717) is 6.42 Å². The Hall–Kier alpha value is -1.77. The lowest BCUT2D eigenvalue weighted by Crippen LogP contribution is -2.14. The van der Waals surface area contributed by atoms with Gasteiger partial charge in [-0.05, 0) is 31.5 Å². The van der Waals surface area contributed by atoms with Crippen LogP contribution in [-0.4, -0.2) is 15.6 Å². The fourth-order valence-electron chi connectivity index (χ4n) is 2.43. The molecule has 2 aromatic rings. The molecule has 3 heteroatoms. The lowest BCUT2D eigenvalue weighted by molar-refractivity contribution is -0.141. The van der Waals surface area contributed by atoms with Crippen LogP contribution < -0.4 is 0 Å². The average Bonchev–Trinajstić information content (AvgIpc) is 2.68. The van der Waals surface area contributed by atoms with Crippen LogP contribution in [0.5, 0.6) is 0 Å². The monoisotopic (exact) mass is 245 g/mol. The zero-order chi connectivity index (χ0) is 13.3. The van der Waals surface area contributed by atoms with Crippen molar-refractivity contribution in [2.75, 3.05) is 0 Å². The number of hydrogen-bond acceptors (Lipinski definition) is 1. The summed E-state index contributed by atoms with van der Waals surface area (Å²) in [6, 6.07) is 8.37. The Morgan fingerprint density at radius 3 is 2.78 bits per heavy atom. The quantitative estimate of drug-likeness (QED) is 0.898. The van der Waals surface area contributed by atoms with Gasteiger partial charge >= 0.3 is 5.97 Å². The van der Waals surface area contributed by atoms with E-state index in [9.17, 15) is 4.79 Å². The second-order valence-corrected chi connectivity index (χ2v) is 4.83. The fourth-order valence-corrected chi connectivity index (χ4v) is 2.43. The van der Waals surface area contributed by atoms with Gasteiger partial charge in [0, 0.05) is 29.6 Å². The molecule has 0 saturated heterocycles. The Kier molecular flexibility index (Phi) is 3.41. The third-order valence-corrected chi connectivity index (χ3v) is 3.50. The van der Waals surface area contributed by atoms with Crippen molar-refractivity contribution < 1.29 is 9.90 Å². The molecule has 0 aliphatic heterocycles. The fraction of sp³-hybridized carbons (Fsp3) is 0.400. The molecule has 0 fully saturated rings. The molecule has 1 aromatic heterocycles. The Morgan fingerprint density at radius 2 is 2.17 bits per heavy atom. The van der Waals surface area contributed by atoms with Crippen LogP contribution >= 0.6 is 0 Å². The molecule has 2 rings (SSSR count). The number of aliphatic carboxylic acids is 1. The summed E-state index contributed by atoms with van der Waals surface area (Å²) in [4.78, 5) is 11.0. The standard InChI is InChI=1S/C15H19NO2/c1-4-16-12(8-11(3)15(17)18)9-13-10(2)6-5-7-14(13)16/h5-7,9,11H,4,8H2,1-3H3,(H,17,18). The molecule has 1 aromatic carbocycles. The average molecular weight is 245 g/mol. The summed E-state index contributed by atoms with van der Waals surface area (Å²) in [7, 11) is 0. The highest BCUT2D eigenvalue weighted by molar-refractivity contribution is 5.84. The van der Waals surface area contributed by atoms with Gasteiger partial charge in [0.1, 0.15) is 0 Å². The normalized spacial score (nSPS) is 12.8. The van der Waals surface area contributed by atoms with Crippen molar-refractivity contribution in [3.63, 3.8) is 0 Å². The van der Waals surface area contributed by atoms with Crippen molar-refractivity contribution in [1.82, 2.24) is 4.57 Å². The summed E-state index contributed by atoms with van der Waals surface area (Å²) in [5, 5.41) is 10.3. The zero-order valence-corrected chi connectivity index (χ0v) is 11.1. The van der Waals surface area contributed by atoms with Gasteiger partial charge < -0.3 is 9.67 Å². The SMILES string of the molecule is CCn1c(CC(C)C(=O)O)cc2c(C)cccc21. The Morgan fingerprint density at radius 1 is 1.44 bits per heavy atom. The van der Waals surface area contributed by atoms with Crippen LogP contribution in [0.2, 0.25) is 0 Å². The Bertz CT molecular complexity index is 583. The maximum absolute atomic E-state index is 11.0. The van der Waals surface area contributed by atoms with Crippen LogP contribution in [0.15, 0.2) is 24.3 Å². The summed E-state index contributed by atoms with van der Waals surface area (Å²) in [6.07, 6.45) is 0.581. The van der Waals surface area contributed by atoms with Crippen LogP contribution in [0.1, 0.15) is 25.1 Å². The maximum atomic E-state index is 11.0. The maximum Gasteiger partial charge on any atom is 0.306 e. The highest BCUT2D eigenvalue weighted by Gasteiger charge is 2.16. The van der Waals surface area contributed by atoms with Crippen LogP contribution in [0.4, 0.5) is 0 Å². The molecule has 0 amide bonds. The molecule has 0 aliphatic carbocycles. The number of aromatic nitrogens is 1. The van der Waals surface area contributed by atoms with Gasteiger partial charge in [-0.3, -0.25) is 4.79 Å². The first kappa shape index (κ1) is 12.7. The van der Waals surface area contributed by atoms with Gasteiger partial charge in [-0.1, -0.05) is 19.1 Å². The van der Waals surface area contributed by atoms with Crippen LogP contribution in [0.25, 0.3) is 10.9 Å². The molecule has 0 aliphatic rings. The predicted molar refractivity (Wildman–Crippen MR) is 72.9 cm³/mol. The number of hydrogen-bond donors (Lipinski definition) is 1. The first-order chi connectivity index (χ1) is 8.54. The van der Waals surface area contributed by atoms with E-state index in [1.54, 1.807) is 6.92 Å². The molecule has 1 heterocycles. The number of rotatable bonds is 4. The van der Waals surface area contributed by atoms with E-state index in [-0.39, 0.29) is 5.92 Å².